The minimum atomic E-state index is 0.518. The molecule has 1 nitrogen and oxygen atoms in total. The molecule has 1 rings (SSSR count). The average molecular weight is 153 g/mol. The van der Waals surface area contributed by atoms with E-state index in [-0.39, 0.29) is 0 Å². The van der Waals surface area contributed by atoms with Crippen LogP contribution < -0.4 is 0 Å². The van der Waals surface area contributed by atoms with Crippen molar-refractivity contribution < 1.29 is 0 Å². The molecule has 0 fully saturated rings. The summed E-state index contributed by atoms with van der Waals surface area (Å²) in [4.78, 5) is 3.00. The average Bonchev–Trinajstić information content (AvgIpc) is 1.88. The van der Waals surface area contributed by atoms with E-state index in [0.717, 1.165) is 4.64 Å². The fourth-order valence-electron chi connectivity index (χ4n) is 0.889. The van der Waals surface area contributed by atoms with Gasteiger partial charge < -0.3 is 4.98 Å². The standard InChI is InChI=1S/C8H11NS/c1-6(2)7-4-3-5-9-8(7)10/h3-6H,1-2H3,(H,9,10). The lowest BCUT2D eigenvalue weighted by atomic mass is 10.1. The molecule has 2 heteroatoms. The van der Waals surface area contributed by atoms with E-state index in [9.17, 15) is 0 Å². The molecule has 0 amide bonds. The van der Waals surface area contributed by atoms with Crippen LogP contribution in [0.25, 0.3) is 0 Å². The normalized spacial score (nSPS) is 10.3. The van der Waals surface area contributed by atoms with Crippen molar-refractivity contribution >= 4 is 12.2 Å². The van der Waals surface area contributed by atoms with Crippen molar-refractivity contribution in [3.05, 3.63) is 28.5 Å². The van der Waals surface area contributed by atoms with Gasteiger partial charge in [-0.2, -0.15) is 0 Å². The van der Waals surface area contributed by atoms with Gasteiger partial charge in [-0.15, -0.1) is 0 Å². The Morgan fingerprint density at radius 1 is 1.50 bits per heavy atom. The van der Waals surface area contributed by atoms with Crippen molar-refractivity contribution in [3.63, 3.8) is 0 Å². The number of hydrogen-bond acceptors (Lipinski definition) is 1. The van der Waals surface area contributed by atoms with Crippen LogP contribution in [0.2, 0.25) is 0 Å². The van der Waals surface area contributed by atoms with Gasteiger partial charge in [-0.05, 0) is 17.5 Å². The van der Waals surface area contributed by atoms with E-state index in [4.69, 9.17) is 12.2 Å². The minimum absolute atomic E-state index is 0.518. The molecular weight excluding hydrogens is 142 g/mol. The first-order chi connectivity index (χ1) is 4.72. The monoisotopic (exact) mass is 153 g/mol. The third-order valence-electron chi connectivity index (χ3n) is 1.47. The van der Waals surface area contributed by atoms with E-state index >= 15 is 0 Å². The molecule has 0 bridgehead atoms. The molecule has 0 unspecified atom stereocenters. The molecule has 54 valence electrons. The SMILES string of the molecule is CC(C)c1ccc[nH]c1=S. The van der Waals surface area contributed by atoms with Crippen molar-refractivity contribution in [1.82, 2.24) is 4.98 Å². The van der Waals surface area contributed by atoms with Gasteiger partial charge in [-0.1, -0.05) is 32.1 Å². The molecular formula is C8H11NS. The Labute approximate surface area is 66.1 Å². The first-order valence-corrected chi connectivity index (χ1v) is 3.80. The Morgan fingerprint density at radius 2 is 2.20 bits per heavy atom. The summed E-state index contributed by atoms with van der Waals surface area (Å²) >= 11 is 5.07. The van der Waals surface area contributed by atoms with Crippen molar-refractivity contribution in [2.75, 3.05) is 0 Å². The van der Waals surface area contributed by atoms with Crippen molar-refractivity contribution in [1.29, 1.82) is 0 Å². The van der Waals surface area contributed by atoms with Crippen LogP contribution in [0.4, 0.5) is 0 Å². The molecule has 10 heavy (non-hydrogen) atoms. The Bertz CT molecular complexity index is 262. The van der Waals surface area contributed by atoms with Gasteiger partial charge in [0.15, 0.2) is 0 Å². The maximum Gasteiger partial charge on any atom is 0.106 e. The zero-order chi connectivity index (χ0) is 7.56. The van der Waals surface area contributed by atoms with E-state index in [0.29, 0.717) is 5.92 Å². The highest BCUT2D eigenvalue weighted by Crippen LogP contribution is 2.12. The van der Waals surface area contributed by atoms with Gasteiger partial charge >= 0.3 is 0 Å². The van der Waals surface area contributed by atoms with Crippen molar-refractivity contribution in [2.45, 2.75) is 19.8 Å². The molecule has 1 heterocycles. The van der Waals surface area contributed by atoms with Crippen LogP contribution in [0.15, 0.2) is 18.3 Å². The lowest BCUT2D eigenvalue weighted by molar-refractivity contribution is 0.853. The summed E-state index contributed by atoms with van der Waals surface area (Å²) in [5.41, 5.74) is 1.22. The Morgan fingerprint density at radius 3 is 2.60 bits per heavy atom. The molecule has 0 saturated carbocycles. The van der Waals surface area contributed by atoms with Crippen molar-refractivity contribution in [3.8, 4) is 0 Å². The molecule has 0 atom stereocenters. The molecule has 0 radical (unpaired) electrons. The molecule has 0 aliphatic heterocycles. The smallest absolute Gasteiger partial charge is 0.106 e. The predicted octanol–water partition coefficient (Wildman–Crippen LogP) is 2.87. The van der Waals surface area contributed by atoms with E-state index in [1.54, 1.807) is 0 Å². The second-order valence-electron chi connectivity index (χ2n) is 2.61. The maximum absolute atomic E-state index is 5.07. The quantitative estimate of drug-likeness (QED) is 0.613. The summed E-state index contributed by atoms with van der Waals surface area (Å²) in [6.45, 7) is 4.28. The molecule has 1 N–H and O–H groups in total. The van der Waals surface area contributed by atoms with E-state index in [1.165, 1.54) is 5.56 Å². The van der Waals surface area contributed by atoms with Crippen LogP contribution in [0.1, 0.15) is 25.3 Å². The molecule has 0 saturated heterocycles. The minimum Gasteiger partial charge on any atom is -0.353 e. The van der Waals surface area contributed by atoms with E-state index in [1.807, 2.05) is 12.3 Å². The van der Waals surface area contributed by atoms with Crippen LogP contribution in [0.5, 0.6) is 0 Å². The summed E-state index contributed by atoms with van der Waals surface area (Å²) < 4.78 is 0.859. The zero-order valence-corrected chi connectivity index (χ0v) is 7.03. The number of aromatic nitrogens is 1. The number of rotatable bonds is 1. The fourth-order valence-corrected chi connectivity index (χ4v) is 1.26. The van der Waals surface area contributed by atoms with Crippen LogP contribution in [0.3, 0.4) is 0 Å². The first-order valence-electron chi connectivity index (χ1n) is 3.39. The van der Waals surface area contributed by atoms with E-state index in [2.05, 4.69) is 24.9 Å². The molecule has 0 aromatic carbocycles. The Hall–Kier alpha value is -0.630. The van der Waals surface area contributed by atoms with Gasteiger partial charge in [-0.3, -0.25) is 0 Å². The second kappa shape index (κ2) is 2.97. The van der Waals surface area contributed by atoms with Gasteiger partial charge in [-0.25, -0.2) is 0 Å². The summed E-state index contributed by atoms with van der Waals surface area (Å²) in [5, 5.41) is 0. The zero-order valence-electron chi connectivity index (χ0n) is 6.22. The van der Waals surface area contributed by atoms with Gasteiger partial charge in [0.2, 0.25) is 0 Å². The number of H-pyrrole nitrogens is 1. The molecule has 1 aromatic rings. The number of hydrogen-bond donors (Lipinski definition) is 1. The second-order valence-corrected chi connectivity index (χ2v) is 3.02. The number of pyridine rings is 1. The molecule has 0 aliphatic carbocycles. The number of nitrogens with one attached hydrogen (secondary N) is 1. The van der Waals surface area contributed by atoms with Crippen molar-refractivity contribution in [2.24, 2.45) is 0 Å². The summed E-state index contributed by atoms with van der Waals surface area (Å²) in [6, 6.07) is 4.04. The topological polar surface area (TPSA) is 15.8 Å². The highest BCUT2D eigenvalue weighted by Gasteiger charge is 1.98. The largest absolute Gasteiger partial charge is 0.353 e. The number of aromatic amines is 1. The summed E-state index contributed by atoms with van der Waals surface area (Å²) in [7, 11) is 0. The fraction of sp³-hybridized carbons (Fsp3) is 0.375. The van der Waals surface area contributed by atoms with Gasteiger partial charge in [0.25, 0.3) is 0 Å². The lowest BCUT2D eigenvalue weighted by Crippen LogP contribution is -1.88. The molecule has 1 aromatic heterocycles. The third-order valence-corrected chi connectivity index (χ3v) is 1.82. The highest BCUT2D eigenvalue weighted by molar-refractivity contribution is 7.71. The summed E-state index contributed by atoms with van der Waals surface area (Å²) in [5.74, 6) is 0.518. The first kappa shape index (κ1) is 7.48. The Balaban J connectivity index is 3.16. The van der Waals surface area contributed by atoms with Crippen LogP contribution in [0, 0.1) is 4.64 Å². The van der Waals surface area contributed by atoms with Crippen LogP contribution in [-0.2, 0) is 0 Å². The Kier molecular flexibility index (Phi) is 2.22. The predicted molar refractivity (Wildman–Crippen MR) is 45.7 cm³/mol. The molecule has 0 spiro atoms. The molecule has 0 aliphatic rings. The van der Waals surface area contributed by atoms with E-state index < -0.39 is 0 Å². The van der Waals surface area contributed by atoms with Gasteiger partial charge in [0.05, 0.1) is 0 Å². The van der Waals surface area contributed by atoms with Gasteiger partial charge in [0.1, 0.15) is 4.64 Å². The third kappa shape index (κ3) is 1.45. The lowest BCUT2D eigenvalue weighted by Gasteiger charge is -2.02. The highest BCUT2D eigenvalue weighted by atomic mass is 32.1. The van der Waals surface area contributed by atoms with Gasteiger partial charge in [0, 0.05) is 6.20 Å². The maximum atomic E-state index is 5.07. The van der Waals surface area contributed by atoms with Crippen LogP contribution in [-0.4, -0.2) is 4.98 Å². The van der Waals surface area contributed by atoms with Crippen LogP contribution >= 0.6 is 12.2 Å². The summed E-state index contributed by atoms with van der Waals surface area (Å²) in [6.07, 6.45) is 1.86.